The second-order valence-electron chi connectivity index (χ2n) is 7.15. The Morgan fingerprint density at radius 1 is 1.18 bits per heavy atom. The highest BCUT2D eigenvalue weighted by atomic mass is 16.7. The fourth-order valence-corrected chi connectivity index (χ4v) is 4.07. The van der Waals surface area contributed by atoms with Gasteiger partial charge in [0.2, 0.25) is 0 Å². The summed E-state index contributed by atoms with van der Waals surface area (Å²) in [6, 6.07) is 0.596. The molecule has 0 spiro atoms. The van der Waals surface area contributed by atoms with Gasteiger partial charge < -0.3 is 0 Å². The van der Waals surface area contributed by atoms with Gasteiger partial charge in [-0.05, 0) is 49.4 Å². The zero-order valence-electron chi connectivity index (χ0n) is 12.4. The third kappa shape index (κ3) is 2.39. The maximum Gasteiger partial charge on any atom is 0.0767 e. The van der Waals surface area contributed by atoms with E-state index in [-0.39, 0.29) is 0 Å². The lowest BCUT2D eigenvalue weighted by atomic mass is 9.60. The van der Waals surface area contributed by atoms with Crippen LogP contribution in [0, 0.1) is 23.2 Å². The quantitative estimate of drug-likeness (QED) is 0.639. The molecular formula is C15H29NO. The van der Waals surface area contributed by atoms with Gasteiger partial charge in [-0.3, -0.25) is 4.84 Å². The van der Waals surface area contributed by atoms with E-state index in [0.717, 1.165) is 11.8 Å². The zero-order valence-corrected chi connectivity index (χ0v) is 12.4. The molecule has 2 fully saturated rings. The average molecular weight is 239 g/mol. The van der Waals surface area contributed by atoms with E-state index in [9.17, 15) is 0 Å². The Hall–Kier alpha value is -0.0800. The van der Waals surface area contributed by atoms with Gasteiger partial charge in [0, 0.05) is 13.1 Å². The molecule has 0 bridgehead atoms. The number of rotatable bonds is 0. The summed E-state index contributed by atoms with van der Waals surface area (Å²) in [6.45, 7) is 11.9. The van der Waals surface area contributed by atoms with Crippen LogP contribution in [0.2, 0.25) is 0 Å². The average Bonchev–Trinajstić information content (AvgIpc) is 2.30. The Kier molecular flexibility index (Phi) is 3.57. The Morgan fingerprint density at radius 3 is 2.47 bits per heavy atom. The van der Waals surface area contributed by atoms with Crippen LogP contribution in [-0.2, 0) is 4.84 Å². The summed E-state index contributed by atoms with van der Waals surface area (Å²) in [5.74, 6) is 2.31. The lowest BCUT2D eigenvalue weighted by molar-refractivity contribution is -0.220. The second kappa shape index (κ2) is 4.55. The molecule has 0 aromatic rings. The largest absolute Gasteiger partial charge is 0.296 e. The molecule has 5 unspecified atom stereocenters. The lowest BCUT2D eigenvalue weighted by Gasteiger charge is -2.49. The number of nitrogens with zero attached hydrogens (tertiary/aromatic N) is 1. The number of hydrogen-bond acceptors (Lipinski definition) is 2. The van der Waals surface area contributed by atoms with Gasteiger partial charge in [0.25, 0.3) is 0 Å². The third-order valence-corrected chi connectivity index (χ3v) is 5.51. The van der Waals surface area contributed by atoms with Gasteiger partial charge in [-0.25, -0.2) is 0 Å². The molecule has 1 saturated heterocycles. The van der Waals surface area contributed by atoms with Gasteiger partial charge in [0.05, 0.1) is 6.10 Å². The summed E-state index contributed by atoms with van der Waals surface area (Å²) < 4.78 is 0. The maximum absolute atomic E-state index is 6.05. The molecule has 1 heterocycles. The van der Waals surface area contributed by atoms with Crippen LogP contribution in [0.3, 0.4) is 0 Å². The molecule has 2 rings (SSSR count). The van der Waals surface area contributed by atoms with Gasteiger partial charge in [-0.2, -0.15) is 5.06 Å². The fourth-order valence-electron chi connectivity index (χ4n) is 4.07. The maximum atomic E-state index is 6.05. The minimum Gasteiger partial charge on any atom is -0.296 e. The highest BCUT2D eigenvalue weighted by molar-refractivity contribution is 4.96. The van der Waals surface area contributed by atoms with E-state index in [4.69, 9.17) is 4.84 Å². The van der Waals surface area contributed by atoms with Crippen molar-refractivity contribution in [3.05, 3.63) is 0 Å². The van der Waals surface area contributed by atoms with Crippen molar-refractivity contribution in [3.8, 4) is 0 Å². The molecule has 0 radical (unpaired) electrons. The smallest absolute Gasteiger partial charge is 0.0767 e. The van der Waals surface area contributed by atoms with E-state index < -0.39 is 0 Å². The summed E-state index contributed by atoms with van der Waals surface area (Å²) in [5, 5.41) is 2.18. The monoisotopic (exact) mass is 239 g/mol. The molecule has 1 aliphatic carbocycles. The molecule has 1 saturated carbocycles. The van der Waals surface area contributed by atoms with Crippen LogP contribution in [0.1, 0.15) is 53.9 Å². The van der Waals surface area contributed by atoms with Crippen molar-refractivity contribution in [1.82, 2.24) is 5.06 Å². The SMILES string of the molecule is CC1CC(C)C2CCC(C)(C)C(C)C2N(C)O1. The second-order valence-corrected chi connectivity index (χ2v) is 7.15. The predicted octanol–water partition coefficient (Wildman–Crippen LogP) is 3.72. The molecule has 2 aliphatic rings. The van der Waals surface area contributed by atoms with Crippen LogP contribution in [0.4, 0.5) is 0 Å². The Bertz CT molecular complexity index is 276. The van der Waals surface area contributed by atoms with E-state index in [1.165, 1.54) is 19.3 Å². The Morgan fingerprint density at radius 2 is 1.82 bits per heavy atom. The molecule has 0 aromatic heterocycles. The van der Waals surface area contributed by atoms with Crippen molar-refractivity contribution >= 4 is 0 Å². The van der Waals surface area contributed by atoms with Crippen molar-refractivity contribution in [1.29, 1.82) is 0 Å². The topological polar surface area (TPSA) is 12.5 Å². The van der Waals surface area contributed by atoms with Crippen LogP contribution >= 0.6 is 0 Å². The minimum absolute atomic E-state index is 0.371. The molecule has 1 aliphatic heterocycles. The van der Waals surface area contributed by atoms with E-state index in [1.807, 2.05) is 0 Å². The summed E-state index contributed by atoms with van der Waals surface area (Å²) in [5.41, 5.74) is 0.450. The van der Waals surface area contributed by atoms with Crippen LogP contribution in [0.25, 0.3) is 0 Å². The van der Waals surface area contributed by atoms with Gasteiger partial charge in [-0.1, -0.05) is 27.7 Å². The summed E-state index contributed by atoms with van der Waals surface area (Å²) >= 11 is 0. The van der Waals surface area contributed by atoms with Gasteiger partial charge >= 0.3 is 0 Å². The number of hydrogen-bond donors (Lipinski definition) is 0. The first-order chi connectivity index (χ1) is 7.83. The van der Waals surface area contributed by atoms with Crippen LogP contribution in [-0.4, -0.2) is 24.3 Å². The molecule has 2 heteroatoms. The summed E-state index contributed by atoms with van der Waals surface area (Å²) in [7, 11) is 2.14. The molecule has 0 N–H and O–H groups in total. The highest BCUT2D eigenvalue weighted by Gasteiger charge is 2.47. The van der Waals surface area contributed by atoms with Crippen LogP contribution in [0.5, 0.6) is 0 Å². The molecule has 5 atom stereocenters. The molecule has 0 amide bonds. The minimum atomic E-state index is 0.371. The third-order valence-electron chi connectivity index (χ3n) is 5.51. The van der Waals surface area contributed by atoms with Crippen molar-refractivity contribution < 1.29 is 4.84 Å². The first kappa shape index (κ1) is 13.4. The highest BCUT2D eigenvalue weighted by Crippen LogP contribution is 2.48. The van der Waals surface area contributed by atoms with Crippen LogP contribution < -0.4 is 0 Å². The first-order valence-electron chi connectivity index (χ1n) is 7.22. The van der Waals surface area contributed by atoms with E-state index >= 15 is 0 Å². The van der Waals surface area contributed by atoms with Gasteiger partial charge in [0.15, 0.2) is 0 Å². The number of fused-ring (bicyclic) bond motifs is 1. The van der Waals surface area contributed by atoms with E-state index in [1.54, 1.807) is 0 Å². The predicted molar refractivity (Wildman–Crippen MR) is 71.5 cm³/mol. The Labute approximate surface area is 107 Å². The van der Waals surface area contributed by atoms with Gasteiger partial charge in [0.1, 0.15) is 0 Å². The standard InChI is InChI=1S/C15H29NO/c1-10-9-11(2)17-16(6)14-12(3)15(4,5)8-7-13(10)14/h10-14H,7-9H2,1-6H3. The zero-order chi connectivity index (χ0) is 12.8. The summed E-state index contributed by atoms with van der Waals surface area (Å²) in [4.78, 5) is 6.05. The molecule has 0 aromatic carbocycles. The Balaban J connectivity index is 2.26. The van der Waals surface area contributed by atoms with Crippen molar-refractivity contribution in [2.24, 2.45) is 23.2 Å². The molecule has 100 valence electrons. The van der Waals surface area contributed by atoms with Crippen molar-refractivity contribution in [2.45, 2.75) is 66.0 Å². The normalized spacial score (nSPS) is 47.3. The fraction of sp³-hybridized carbons (Fsp3) is 1.00. The molecular weight excluding hydrogens is 210 g/mol. The summed E-state index contributed by atoms with van der Waals surface area (Å²) in [6.07, 6.45) is 4.31. The van der Waals surface area contributed by atoms with Gasteiger partial charge in [-0.15, -0.1) is 0 Å². The van der Waals surface area contributed by atoms with E-state index in [0.29, 0.717) is 23.5 Å². The number of hydroxylamine groups is 2. The lowest BCUT2D eigenvalue weighted by Crippen LogP contribution is -2.51. The molecule has 2 nitrogen and oxygen atoms in total. The van der Waals surface area contributed by atoms with E-state index in [2.05, 4.69) is 46.7 Å². The van der Waals surface area contributed by atoms with Crippen LogP contribution in [0.15, 0.2) is 0 Å². The van der Waals surface area contributed by atoms with Crippen molar-refractivity contribution in [2.75, 3.05) is 7.05 Å². The van der Waals surface area contributed by atoms with Crippen molar-refractivity contribution in [3.63, 3.8) is 0 Å². The molecule has 17 heavy (non-hydrogen) atoms. The first-order valence-corrected chi connectivity index (χ1v) is 7.22.